The first-order valence-corrected chi connectivity index (χ1v) is 9.49. The van der Waals surface area contributed by atoms with Crippen LogP contribution in [0.2, 0.25) is 5.02 Å². The quantitative estimate of drug-likeness (QED) is 0.620. The molecule has 1 unspecified atom stereocenters. The van der Waals surface area contributed by atoms with Crippen LogP contribution in [0.4, 0.5) is 5.69 Å². The second kappa shape index (κ2) is 7.66. The highest BCUT2D eigenvalue weighted by molar-refractivity contribution is 6.31. The first-order chi connectivity index (χ1) is 13.6. The largest absolute Gasteiger partial charge is 0.497 e. The van der Waals surface area contributed by atoms with Gasteiger partial charge < -0.3 is 4.74 Å². The summed E-state index contributed by atoms with van der Waals surface area (Å²) in [5, 5.41) is 4.31. The molecule has 1 atom stereocenters. The highest BCUT2D eigenvalue weighted by Crippen LogP contribution is 2.42. The number of methoxy groups -OCH3 is 1. The number of para-hydroxylation sites is 1. The Bertz CT molecular complexity index is 1010. The minimum Gasteiger partial charge on any atom is -0.497 e. The van der Waals surface area contributed by atoms with Crippen LogP contribution in [-0.2, 0) is 11.3 Å². The van der Waals surface area contributed by atoms with Crippen molar-refractivity contribution in [2.75, 3.05) is 19.2 Å². The summed E-state index contributed by atoms with van der Waals surface area (Å²) in [7, 11) is 3.53. The van der Waals surface area contributed by atoms with Gasteiger partial charge in [-0.1, -0.05) is 60.1 Å². The molecule has 0 aromatic heterocycles. The summed E-state index contributed by atoms with van der Waals surface area (Å²) in [4.78, 5) is 13.4. The summed E-state index contributed by atoms with van der Waals surface area (Å²) < 4.78 is 5.31. The van der Waals surface area contributed by atoms with E-state index in [0.29, 0.717) is 11.6 Å². The smallest absolute Gasteiger partial charge is 0.253 e. The number of fused-ring (bicyclic) bond motifs is 1. The zero-order valence-corrected chi connectivity index (χ0v) is 16.6. The number of anilines is 1. The Labute approximate surface area is 169 Å². The Morgan fingerprint density at radius 2 is 1.75 bits per heavy atom. The molecular weight excluding hydrogens is 372 g/mol. The Morgan fingerprint density at radius 3 is 2.50 bits per heavy atom. The van der Waals surface area contributed by atoms with E-state index in [1.54, 1.807) is 12.1 Å². The lowest BCUT2D eigenvalue weighted by Gasteiger charge is -2.29. The fourth-order valence-corrected chi connectivity index (χ4v) is 3.91. The van der Waals surface area contributed by atoms with E-state index in [1.165, 1.54) is 0 Å². The summed E-state index contributed by atoms with van der Waals surface area (Å²) in [5.41, 5.74) is 3.82. The summed E-state index contributed by atoms with van der Waals surface area (Å²) in [6.07, 6.45) is 0. The van der Waals surface area contributed by atoms with Crippen molar-refractivity contribution in [1.29, 1.82) is 0 Å². The molecule has 1 aliphatic heterocycles. The monoisotopic (exact) mass is 392 g/mol. The predicted octanol–water partition coefficient (Wildman–Crippen LogP) is 4.87. The van der Waals surface area contributed by atoms with Gasteiger partial charge in [0.15, 0.2) is 0 Å². The average Bonchev–Trinajstić information content (AvgIpc) is 3.02. The van der Waals surface area contributed by atoms with Crippen LogP contribution in [0.3, 0.4) is 0 Å². The molecular formula is C23H21ClN2O2. The third-order valence-corrected chi connectivity index (χ3v) is 5.43. The number of nitrogens with zero attached hydrogens (tertiary/aromatic N) is 2. The molecule has 3 aromatic rings. The lowest BCUT2D eigenvalue weighted by Crippen LogP contribution is -2.42. The molecule has 1 heterocycles. The maximum Gasteiger partial charge on any atom is 0.253 e. The summed E-state index contributed by atoms with van der Waals surface area (Å²) in [6.45, 7) is 0.484. The van der Waals surface area contributed by atoms with Gasteiger partial charge in [0.05, 0.1) is 18.7 Å². The molecule has 0 fully saturated rings. The van der Waals surface area contributed by atoms with Crippen molar-refractivity contribution < 1.29 is 9.53 Å². The van der Waals surface area contributed by atoms with Crippen LogP contribution in [0.15, 0.2) is 72.8 Å². The molecule has 3 aromatic carbocycles. The normalized spacial score (nSPS) is 15.8. The molecule has 0 aliphatic carbocycles. The highest BCUT2D eigenvalue weighted by atomic mass is 35.5. The Morgan fingerprint density at radius 1 is 1.04 bits per heavy atom. The van der Waals surface area contributed by atoms with Crippen molar-refractivity contribution in [3.63, 3.8) is 0 Å². The second-order valence-electron chi connectivity index (χ2n) is 6.83. The number of rotatable bonds is 5. The van der Waals surface area contributed by atoms with E-state index in [0.717, 1.165) is 28.1 Å². The molecule has 142 valence electrons. The van der Waals surface area contributed by atoms with Gasteiger partial charge in [0.1, 0.15) is 5.75 Å². The van der Waals surface area contributed by atoms with E-state index in [4.69, 9.17) is 16.3 Å². The van der Waals surface area contributed by atoms with Gasteiger partial charge >= 0.3 is 0 Å². The number of ether oxygens (including phenoxy) is 1. The van der Waals surface area contributed by atoms with Gasteiger partial charge in [-0.3, -0.25) is 4.79 Å². The fourth-order valence-electron chi connectivity index (χ4n) is 3.73. The van der Waals surface area contributed by atoms with Crippen molar-refractivity contribution >= 4 is 23.2 Å². The van der Waals surface area contributed by atoms with Crippen LogP contribution in [0, 0.1) is 0 Å². The third kappa shape index (κ3) is 3.26. The average molecular weight is 393 g/mol. The molecule has 0 saturated carbocycles. The molecule has 4 nitrogen and oxygen atoms in total. The van der Waals surface area contributed by atoms with Crippen LogP contribution in [0.25, 0.3) is 0 Å². The van der Waals surface area contributed by atoms with Gasteiger partial charge in [0, 0.05) is 18.6 Å². The third-order valence-electron chi connectivity index (χ3n) is 5.06. The Hall–Kier alpha value is -2.82. The van der Waals surface area contributed by atoms with Crippen LogP contribution in [-0.4, -0.2) is 25.1 Å². The molecule has 1 amide bonds. The number of hydrazine groups is 1. The van der Waals surface area contributed by atoms with Gasteiger partial charge in [-0.2, -0.15) is 0 Å². The molecule has 0 spiro atoms. The van der Waals surface area contributed by atoms with Crippen LogP contribution < -0.4 is 9.75 Å². The van der Waals surface area contributed by atoms with Crippen molar-refractivity contribution in [1.82, 2.24) is 5.01 Å². The highest BCUT2D eigenvalue weighted by Gasteiger charge is 2.40. The molecule has 4 rings (SSSR count). The molecule has 28 heavy (non-hydrogen) atoms. The van der Waals surface area contributed by atoms with E-state index in [2.05, 4.69) is 0 Å². The number of carbonyl (C=O) groups is 1. The van der Waals surface area contributed by atoms with Gasteiger partial charge in [-0.25, -0.2) is 10.0 Å². The minimum absolute atomic E-state index is 0.0360. The maximum atomic E-state index is 13.4. The fraction of sp³-hybridized carbons (Fsp3) is 0.174. The minimum atomic E-state index is -0.305. The van der Waals surface area contributed by atoms with E-state index in [-0.39, 0.29) is 11.8 Å². The first kappa shape index (κ1) is 18.5. The van der Waals surface area contributed by atoms with E-state index >= 15 is 0 Å². The number of hydrogen-bond acceptors (Lipinski definition) is 3. The number of carbonyl (C=O) groups excluding carboxylic acids is 1. The lowest BCUT2D eigenvalue weighted by molar-refractivity contribution is -0.121. The van der Waals surface area contributed by atoms with Gasteiger partial charge in [0.25, 0.3) is 5.91 Å². The lowest BCUT2D eigenvalue weighted by atomic mass is 9.93. The molecule has 0 saturated heterocycles. The zero-order valence-electron chi connectivity index (χ0n) is 15.8. The molecule has 0 radical (unpaired) electrons. The second-order valence-corrected chi connectivity index (χ2v) is 7.23. The summed E-state index contributed by atoms with van der Waals surface area (Å²) >= 11 is 6.38. The van der Waals surface area contributed by atoms with Crippen LogP contribution in [0.1, 0.15) is 22.6 Å². The van der Waals surface area contributed by atoms with Crippen LogP contribution in [0.5, 0.6) is 5.75 Å². The summed E-state index contributed by atoms with van der Waals surface area (Å²) in [6, 6.07) is 23.4. The summed E-state index contributed by atoms with van der Waals surface area (Å²) in [5.74, 6) is 0.470. The van der Waals surface area contributed by atoms with E-state index < -0.39 is 0 Å². The van der Waals surface area contributed by atoms with Crippen molar-refractivity contribution in [2.24, 2.45) is 0 Å². The SMILES string of the molecule is COc1ccc(Cl)c(CN(C)N2C(=O)C(c3ccccc3)c3ccccc32)c1. The molecule has 0 bridgehead atoms. The van der Waals surface area contributed by atoms with Crippen molar-refractivity contribution in [2.45, 2.75) is 12.5 Å². The molecule has 1 aliphatic rings. The predicted molar refractivity (Wildman–Crippen MR) is 112 cm³/mol. The number of halogens is 1. The number of amides is 1. The van der Waals surface area contributed by atoms with Crippen molar-refractivity contribution in [3.8, 4) is 5.75 Å². The van der Waals surface area contributed by atoms with Crippen molar-refractivity contribution in [3.05, 3.63) is 94.5 Å². The number of hydrogen-bond donors (Lipinski definition) is 0. The first-order valence-electron chi connectivity index (χ1n) is 9.11. The topological polar surface area (TPSA) is 32.8 Å². The Kier molecular flexibility index (Phi) is 5.07. The number of benzene rings is 3. The standard InChI is InChI=1S/C23H21ClN2O2/c1-25(15-17-14-18(28-2)12-13-20(17)24)26-21-11-7-6-10-19(21)22(23(26)27)16-8-4-3-5-9-16/h3-14,22H,15H2,1-2H3. The van der Waals surface area contributed by atoms with Gasteiger partial charge in [-0.05, 0) is 41.0 Å². The van der Waals surface area contributed by atoms with Gasteiger partial charge in [-0.15, -0.1) is 0 Å². The van der Waals surface area contributed by atoms with E-state index in [1.807, 2.05) is 84.9 Å². The maximum absolute atomic E-state index is 13.4. The Balaban J connectivity index is 1.69. The molecule has 5 heteroatoms. The zero-order chi connectivity index (χ0) is 19.7. The molecule has 0 N–H and O–H groups in total. The van der Waals surface area contributed by atoms with E-state index in [9.17, 15) is 4.79 Å². The van der Waals surface area contributed by atoms with Crippen LogP contribution >= 0.6 is 11.6 Å². The van der Waals surface area contributed by atoms with Gasteiger partial charge in [0.2, 0.25) is 0 Å².